The van der Waals surface area contributed by atoms with Gasteiger partial charge in [-0.1, -0.05) is 0 Å². The molecule has 4 heteroatoms. The molecule has 0 amide bonds. The zero-order valence-corrected chi connectivity index (χ0v) is 6.66. The van der Waals surface area contributed by atoms with Gasteiger partial charge in [-0.25, -0.2) is 4.98 Å². The zero-order valence-electron chi connectivity index (χ0n) is 6.66. The normalized spacial score (nSPS) is 13.5. The van der Waals surface area contributed by atoms with E-state index in [9.17, 15) is 0 Å². The minimum atomic E-state index is -0.448. The van der Waals surface area contributed by atoms with Gasteiger partial charge in [0.05, 0.1) is 18.3 Å². The van der Waals surface area contributed by atoms with E-state index >= 15 is 0 Å². The maximum absolute atomic E-state index is 8.71. The average molecular weight is 156 g/mol. The fourth-order valence-electron chi connectivity index (χ4n) is 0.974. The van der Waals surface area contributed by atoms with Gasteiger partial charge in [-0.2, -0.15) is 0 Å². The summed E-state index contributed by atoms with van der Waals surface area (Å²) in [7, 11) is 0. The van der Waals surface area contributed by atoms with Gasteiger partial charge in [-0.15, -0.1) is 0 Å². The van der Waals surface area contributed by atoms with Crippen LogP contribution in [0, 0.1) is 13.8 Å². The first-order chi connectivity index (χ1) is 5.15. The van der Waals surface area contributed by atoms with Crippen LogP contribution in [0.3, 0.4) is 0 Å². The summed E-state index contributed by atoms with van der Waals surface area (Å²) in [6.45, 7) is 3.44. The molecule has 0 aliphatic carbocycles. The molecule has 0 aliphatic rings. The summed E-state index contributed by atoms with van der Waals surface area (Å²) < 4.78 is 5.17. The number of nitrogens with two attached hydrogens (primary N) is 1. The second-order valence-corrected chi connectivity index (χ2v) is 2.47. The summed E-state index contributed by atoms with van der Waals surface area (Å²) in [4.78, 5) is 4.02. The first-order valence-corrected chi connectivity index (χ1v) is 3.45. The SMILES string of the molecule is Cc1nc(C)c(C(N)CO)o1. The standard InChI is InChI=1S/C7H12N2O2/c1-4-7(6(8)3-10)11-5(2)9-4/h6,10H,3,8H2,1-2H3. The van der Waals surface area contributed by atoms with E-state index in [4.69, 9.17) is 15.3 Å². The van der Waals surface area contributed by atoms with Gasteiger partial charge in [0.25, 0.3) is 0 Å². The molecule has 1 unspecified atom stereocenters. The molecular weight excluding hydrogens is 144 g/mol. The van der Waals surface area contributed by atoms with Crippen LogP contribution in [0.1, 0.15) is 23.4 Å². The monoisotopic (exact) mass is 156 g/mol. The smallest absolute Gasteiger partial charge is 0.191 e. The highest BCUT2D eigenvalue weighted by Crippen LogP contribution is 2.15. The molecule has 0 saturated heterocycles. The third-order valence-electron chi connectivity index (χ3n) is 1.47. The fourth-order valence-corrected chi connectivity index (χ4v) is 0.974. The summed E-state index contributed by atoms with van der Waals surface area (Å²) in [6.07, 6.45) is 0. The Labute approximate surface area is 65.0 Å². The summed E-state index contributed by atoms with van der Waals surface area (Å²) in [6, 6.07) is -0.448. The number of aromatic nitrogens is 1. The van der Waals surface area contributed by atoms with Crippen molar-refractivity contribution in [2.75, 3.05) is 6.61 Å². The summed E-state index contributed by atoms with van der Waals surface area (Å²) >= 11 is 0. The number of hydrogen-bond donors (Lipinski definition) is 2. The Morgan fingerprint density at radius 2 is 2.27 bits per heavy atom. The van der Waals surface area contributed by atoms with E-state index in [1.165, 1.54) is 0 Å². The number of aliphatic hydroxyl groups is 1. The van der Waals surface area contributed by atoms with Crippen LogP contribution in [0.2, 0.25) is 0 Å². The van der Waals surface area contributed by atoms with Crippen LogP contribution in [-0.4, -0.2) is 16.7 Å². The maximum Gasteiger partial charge on any atom is 0.191 e. The molecule has 0 fully saturated rings. The van der Waals surface area contributed by atoms with Crippen molar-refractivity contribution < 1.29 is 9.52 Å². The lowest BCUT2D eigenvalue weighted by atomic mass is 10.2. The van der Waals surface area contributed by atoms with Gasteiger partial charge in [-0.05, 0) is 6.92 Å². The number of oxazole rings is 1. The largest absolute Gasteiger partial charge is 0.444 e. The van der Waals surface area contributed by atoms with Crippen LogP contribution in [0.15, 0.2) is 4.42 Å². The Balaban J connectivity index is 2.93. The van der Waals surface area contributed by atoms with Crippen molar-refractivity contribution in [2.45, 2.75) is 19.9 Å². The van der Waals surface area contributed by atoms with Gasteiger partial charge < -0.3 is 15.3 Å². The predicted octanol–water partition coefficient (Wildman–Crippen LogP) is 0.284. The summed E-state index contributed by atoms with van der Waals surface area (Å²) in [5.41, 5.74) is 6.28. The molecule has 62 valence electrons. The Bertz CT molecular complexity index is 245. The second kappa shape index (κ2) is 3.02. The lowest BCUT2D eigenvalue weighted by molar-refractivity contribution is 0.250. The molecule has 4 nitrogen and oxygen atoms in total. The maximum atomic E-state index is 8.71. The molecule has 0 aromatic carbocycles. The Morgan fingerprint density at radius 3 is 2.64 bits per heavy atom. The van der Waals surface area contributed by atoms with Crippen molar-refractivity contribution in [2.24, 2.45) is 5.73 Å². The molecule has 0 bridgehead atoms. The predicted molar refractivity (Wildman–Crippen MR) is 40.0 cm³/mol. The van der Waals surface area contributed by atoms with E-state index in [1.807, 2.05) is 0 Å². The van der Waals surface area contributed by atoms with Crippen LogP contribution in [0.4, 0.5) is 0 Å². The van der Waals surface area contributed by atoms with E-state index in [0.717, 1.165) is 5.69 Å². The van der Waals surface area contributed by atoms with Crippen molar-refractivity contribution in [1.82, 2.24) is 4.98 Å². The molecule has 0 aliphatic heterocycles. The quantitative estimate of drug-likeness (QED) is 0.645. The van der Waals surface area contributed by atoms with Gasteiger partial charge in [0.1, 0.15) is 5.76 Å². The van der Waals surface area contributed by atoms with E-state index in [0.29, 0.717) is 11.7 Å². The number of aliphatic hydroxyl groups excluding tert-OH is 1. The first-order valence-electron chi connectivity index (χ1n) is 3.45. The second-order valence-electron chi connectivity index (χ2n) is 2.47. The van der Waals surface area contributed by atoms with Crippen LogP contribution >= 0.6 is 0 Å². The fraction of sp³-hybridized carbons (Fsp3) is 0.571. The number of aryl methyl sites for hydroxylation is 2. The first kappa shape index (κ1) is 8.23. The third-order valence-corrected chi connectivity index (χ3v) is 1.47. The van der Waals surface area contributed by atoms with E-state index in [2.05, 4.69) is 4.98 Å². The lowest BCUT2D eigenvalue weighted by Gasteiger charge is -2.02. The highest BCUT2D eigenvalue weighted by atomic mass is 16.4. The molecular formula is C7H12N2O2. The van der Waals surface area contributed by atoms with Crippen LogP contribution in [0.5, 0.6) is 0 Å². The molecule has 3 N–H and O–H groups in total. The molecule has 0 saturated carbocycles. The van der Waals surface area contributed by atoms with Gasteiger partial charge in [0.2, 0.25) is 0 Å². The summed E-state index contributed by atoms with van der Waals surface area (Å²) in [5, 5.41) is 8.71. The third kappa shape index (κ3) is 1.58. The highest BCUT2D eigenvalue weighted by Gasteiger charge is 2.13. The minimum Gasteiger partial charge on any atom is -0.444 e. The average Bonchev–Trinajstić information content (AvgIpc) is 2.28. The van der Waals surface area contributed by atoms with Crippen molar-refractivity contribution >= 4 is 0 Å². The molecule has 1 rings (SSSR count). The Hall–Kier alpha value is -0.870. The van der Waals surface area contributed by atoms with Crippen molar-refractivity contribution in [3.8, 4) is 0 Å². The van der Waals surface area contributed by atoms with Crippen molar-refractivity contribution in [3.05, 3.63) is 17.3 Å². The van der Waals surface area contributed by atoms with Crippen LogP contribution in [-0.2, 0) is 0 Å². The Kier molecular flexibility index (Phi) is 2.26. The Morgan fingerprint density at radius 1 is 1.64 bits per heavy atom. The van der Waals surface area contributed by atoms with E-state index in [1.54, 1.807) is 13.8 Å². The van der Waals surface area contributed by atoms with E-state index < -0.39 is 6.04 Å². The van der Waals surface area contributed by atoms with Crippen molar-refractivity contribution in [1.29, 1.82) is 0 Å². The van der Waals surface area contributed by atoms with Gasteiger partial charge in [-0.3, -0.25) is 0 Å². The molecule has 1 atom stereocenters. The van der Waals surface area contributed by atoms with Crippen LogP contribution in [0.25, 0.3) is 0 Å². The lowest BCUT2D eigenvalue weighted by Crippen LogP contribution is -2.14. The number of hydrogen-bond acceptors (Lipinski definition) is 4. The minimum absolute atomic E-state index is 0.116. The molecule has 1 aromatic rings. The molecule has 0 radical (unpaired) electrons. The van der Waals surface area contributed by atoms with E-state index in [-0.39, 0.29) is 6.61 Å². The molecule has 0 spiro atoms. The molecule has 1 heterocycles. The topological polar surface area (TPSA) is 72.3 Å². The van der Waals surface area contributed by atoms with Crippen molar-refractivity contribution in [3.63, 3.8) is 0 Å². The molecule has 11 heavy (non-hydrogen) atoms. The zero-order chi connectivity index (χ0) is 8.43. The summed E-state index contributed by atoms with van der Waals surface area (Å²) in [5.74, 6) is 1.16. The van der Waals surface area contributed by atoms with Gasteiger partial charge in [0, 0.05) is 6.92 Å². The van der Waals surface area contributed by atoms with Gasteiger partial charge >= 0.3 is 0 Å². The highest BCUT2D eigenvalue weighted by molar-refractivity contribution is 5.11. The van der Waals surface area contributed by atoms with Gasteiger partial charge in [0.15, 0.2) is 5.89 Å². The van der Waals surface area contributed by atoms with Crippen LogP contribution < -0.4 is 5.73 Å². The number of nitrogens with zero attached hydrogens (tertiary/aromatic N) is 1. The number of rotatable bonds is 2. The molecule has 1 aromatic heterocycles.